The second kappa shape index (κ2) is 3.74. The Hall–Kier alpha value is -0.450. The van der Waals surface area contributed by atoms with E-state index in [0.29, 0.717) is 13.2 Å². The average molecular weight is 187 g/mol. The summed E-state index contributed by atoms with van der Waals surface area (Å²) in [6, 6.07) is -0.470. The summed E-state index contributed by atoms with van der Waals surface area (Å²) in [5, 5.41) is 0. The van der Waals surface area contributed by atoms with Crippen LogP contribution in [0.4, 0.5) is 0 Å². The smallest absolute Gasteiger partial charge is 0.169 e. The molecule has 1 heterocycles. The molecule has 2 N–H and O–H groups in total. The molecule has 1 atom stereocenters. The van der Waals surface area contributed by atoms with Crippen LogP contribution in [0.1, 0.15) is 20.8 Å². The van der Waals surface area contributed by atoms with Crippen molar-refractivity contribution < 1.29 is 14.3 Å². The maximum Gasteiger partial charge on any atom is 0.169 e. The van der Waals surface area contributed by atoms with E-state index >= 15 is 0 Å². The number of rotatable bonds is 3. The Morgan fingerprint density at radius 3 is 2.31 bits per heavy atom. The molecule has 1 fully saturated rings. The van der Waals surface area contributed by atoms with Crippen molar-refractivity contribution in [3.8, 4) is 0 Å². The lowest BCUT2D eigenvalue weighted by Crippen LogP contribution is -2.45. The minimum Gasteiger partial charge on any atom is -0.349 e. The SMILES string of the molecule is CC(N)C(=O)C(C)(C)C1OCCO1. The lowest BCUT2D eigenvalue weighted by molar-refractivity contribution is -0.156. The third kappa shape index (κ3) is 2.07. The van der Waals surface area contributed by atoms with Gasteiger partial charge in [0, 0.05) is 0 Å². The van der Waals surface area contributed by atoms with E-state index in [1.807, 2.05) is 0 Å². The number of ether oxygens (including phenoxy) is 2. The number of nitrogens with two attached hydrogens (primary N) is 1. The van der Waals surface area contributed by atoms with Gasteiger partial charge in [-0.2, -0.15) is 0 Å². The fourth-order valence-corrected chi connectivity index (χ4v) is 1.48. The highest BCUT2D eigenvalue weighted by molar-refractivity contribution is 5.88. The van der Waals surface area contributed by atoms with E-state index in [1.54, 1.807) is 20.8 Å². The minimum absolute atomic E-state index is 0.0283. The summed E-state index contributed by atoms with van der Waals surface area (Å²) in [5.74, 6) is -0.0283. The molecule has 0 aromatic carbocycles. The van der Waals surface area contributed by atoms with E-state index in [9.17, 15) is 4.79 Å². The molecule has 1 unspecified atom stereocenters. The van der Waals surface area contributed by atoms with E-state index in [4.69, 9.17) is 15.2 Å². The van der Waals surface area contributed by atoms with Crippen LogP contribution in [0.25, 0.3) is 0 Å². The van der Waals surface area contributed by atoms with Gasteiger partial charge in [-0.25, -0.2) is 0 Å². The van der Waals surface area contributed by atoms with E-state index in [-0.39, 0.29) is 5.78 Å². The molecule has 0 saturated carbocycles. The zero-order chi connectivity index (χ0) is 10.1. The van der Waals surface area contributed by atoms with Gasteiger partial charge >= 0.3 is 0 Å². The quantitative estimate of drug-likeness (QED) is 0.690. The number of hydrogen-bond donors (Lipinski definition) is 1. The second-order valence-electron chi connectivity index (χ2n) is 3.95. The van der Waals surface area contributed by atoms with E-state index in [0.717, 1.165) is 0 Å². The van der Waals surface area contributed by atoms with Crippen molar-refractivity contribution in [2.24, 2.45) is 11.1 Å². The molecule has 1 rings (SSSR count). The average Bonchev–Trinajstić information content (AvgIpc) is 2.54. The van der Waals surface area contributed by atoms with Crippen LogP contribution in [0, 0.1) is 5.41 Å². The van der Waals surface area contributed by atoms with Crippen LogP contribution in [0.5, 0.6) is 0 Å². The lowest BCUT2D eigenvalue weighted by Gasteiger charge is -2.29. The topological polar surface area (TPSA) is 61.6 Å². The van der Waals surface area contributed by atoms with Gasteiger partial charge in [-0.1, -0.05) is 0 Å². The molecule has 0 amide bonds. The van der Waals surface area contributed by atoms with E-state index in [2.05, 4.69) is 0 Å². The Balaban J connectivity index is 2.68. The van der Waals surface area contributed by atoms with Gasteiger partial charge in [0.2, 0.25) is 0 Å². The molecular weight excluding hydrogens is 170 g/mol. The van der Waals surface area contributed by atoms with Crippen molar-refractivity contribution in [1.29, 1.82) is 0 Å². The van der Waals surface area contributed by atoms with Gasteiger partial charge in [0.05, 0.1) is 24.7 Å². The molecule has 4 heteroatoms. The number of hydrogen-bond acceptors (Lipinski definition) is 4. The second-order valence-corrected chi connectivity index (χ2v) is 3.95. The number of carbonyl (C=O) groups excluding carboxylic acids is 1. The molecule has 1 aliphatic rings. The lowest BCUT2D eigenvalue weighted by atomic mass is 9.84. The Morgan fingerprint density at radius 2 is 1.92 bits per heavy atom. The summed E-state index contributed by atoms with van der Waals surface area (Å²) in [6.45, 7) is 6.39. The fourth-order valence-electron chi connectivity index (χ4n) is 1.48. The van der Waals surface area contributed by atoms with Gasteiger partial charge in [0.1, 0.15) is 0 Å². The highest BCUT2D eigenvalue weighted by Crippen LogP contribution is 2.29. The monoisotopic (exact) mass is 187 g/mol. The molecule has 76 valence electrons. The molecule has 0 aliphatic carbocycles. The Morgan fingerprint density at radius 1 is 1.46 bits per heavy atom. The maximum atomic E-state index is 11.7. The number of carbonyl (C=O) groups is 1. The maximum absolute atomic E-state index is 11.7. The zero-order valence-corrected chi connectivity index (χ0v) is 8.37. The molecule has 0 radical (unpaired) electrons. The van der Waals surface area contributed by atoms with Crippen LogP contribution in [0.3, 0.4) is 0 Å². The highest BCUT2D eigenvalue weighted by Gasteiger charge is 2.41. The Labute approximate surface area is 78.4 Å². The van der Waals surface area contributed by atoms with Gasteiger partial charge in [-0.15, -0.1) is 0 Å². The van der Waals surface area contributed by atoms with Crippen LogP contribution >= 0.6 is 0 Å². The van der Waals surface area contributed by atoms with Crippen molar-refractivity contribution in [3.05, 3.63) is 0 Å². The Bertz CT molecular complexity index is 195. The fraction of sp³-hybridized carbons (Fsp3) is 0.889. The van der Waals surface area contributed by atoms with Crippen LogP contribution < -0.4 is 5.73 Å². The predicted octanol–water partition coefficient (Wildman–Crippen LogP) is 0.302. The molecule has 0 aromatic rings. The third-order valence-electron chi connectivity index (χ3n) is 2.26. The summed E-state index contributed by atoms with van der Waals surface area (Å²) in [4.78, 5) is 11.7. The van der Waals surface area contributed by atoms with Gasteiger partial charge in [0.25, 0.3) is 0 Å². The van der Waals surface area contributed by atoms with Gasteiger partial charge in [-0.05, 0) is 20.8 Å². The van der Waals surface area contributed by atoms with E-state index < -0.39 is 17.7 Å². The van der Waals surface area contributed by atoms with Crippen molar-refractivity contribution in [2.45, 2.75) is 33.1 Å². The third-order valence-corrected chi connectivity index (χ3v) is 2.26. The number of Topliss-reactive ketones (excluding diaryl/α,β-unsaturated/α-hetero) is 1. The molecule has 13 heavy (non-hydrogen) atoms. The van der Waals surface area contributed by atoms with E-state index in [1.165, 1.54) is 0 Å². The molecule has 1 saturated heterocycles. The number of ketones is 1. The first-order valence-corrected chi connectivity index (χ1v) is 4.49. The summed E-state index contributed by atoms with van der Waals surface area (Å²) in [6.07, 6.45) is -0.439. The minimum atomic E-state index is -0.648. The zero-order valence-electron chi connectivity index (χ0n) is 8.37. The first-order chi connectivity index (χ1) is 5.96. The molecule has 0 bridgehead atoms. The van der Waals surface area contributed by atoms with Crippen LogP contribution in [0.15, 0.2) is 0 Å². The van der Waals surface area contributed by atoms with Crippen LogP contribution in [-0.4, -0.2) is 31.3 Å². The summed E-state index contributed by atoms with van der Waals surface area (Å²) in [7, 11) is 0. The first-order valence-electron chi connectivity index (χ1n) is 4.49. The predicted molar refractivity (Wildman–Crippen MR) is 48.1 cm³/mol. The molecule has 4 nitrogen and oxygen atoms in total. The van der Waals surface area contributed by atoms with Crippen molar-refractivity contribution in [3.63, 3.8) is 0 Å². The van der Waals surface area contributed by atoms with Crippen molar-refractivity contribution >= 4 is 5.78 Å². The molecule has 0 aromatic heterocycles. The standard InChI is InChI=1S/C9H17NO3/c1-6(10)7(11)9(2,3)8-12-4-5-13-8/h6,8H,4-5,10H2,1-3H3. The largest absolute Gasteiger partial charge is 0.349 e. The van der Waals surface area contributed by atoms with Crippen molar-refractivity contribution in [2.75, 3.05) is 13.2 Å². The normalized spacial score (nSPS) is 21.8. The molecular formula is C9H17NO3. The highest BCUT2D eigenvalue weighted by atomic mass is 16.7. The van der Waals surface area contributed by atoms with Crippen LogP contribution in [-0.2, 0) is 14.3 Å². The van der Waals surface area contributed by atoms with Gasteiger partial charge in [0.15, 0.2) is 12.1 Å². The summed E-state index contributed by atoms with van der Waals surface area (Å²) in [5.41, 5.74) is 4.88. The summed E-state index contributed by atoms with van der Waals surface area (Å²) >= 11 is 0. The molecule has 0 spiro atoms. The van der Waals surface area contributed by atoms with Crippen molar-refractivity contribution in [1.82, 2.24) is 0 Å². The van der Waals surface area contributed by atoms with Gasteiger partial charge < -0.3 is 15.2 Å². The van der Waals surface area contributed by atoms with Gasteiger partial charge in [-0.3, -0.25) is 4.79 Å². The summed E-state index contributed by atoms with van der Waals surface area (Å²) < 4.78 is 10.6. The first kappa shape index (κ1) is 10.6. The Kier molecular flexibility index (Phi) is 3.05. The van der Waals surface area contributed by atoms with Crippen LogP contribution in [0.2, 0.25) is 0 Å². The molecule has 1 aliphatic heterocycles.